The van der Waals surface area contributed by atoms with Gasteiger partial charge in [0.25, 0.3) is 0 Å². The number of hydrogen-bond acceptors (Lipinski definition) is 2. The highest BCUT2D eigenvalue weighted by Gasteiger charge is 2.44. The molecular formula is C16H21O2P. The normalized spacial score (nSPS) is 35.3. The molecule has 3 rings (SSSR count). The molecule has 1 aromatic carbocycles. The van der Waals surface area contributed by atoms with E-state index in [0.29, 0.717) is 17.4 Å². The summed E-state index contributed by atoms with van der Waals surface area (Å²) in [4.78, 5) is 11.3. The van der Waals surface area contributed by atoms with Crippen LogP contribution in [0.15, 0.2) is 30.3 Å². The van der Waals surface area contributed by atoms with Crippen LogP contribution in [0.4, 0.5) is 0 Å². The monoisotopic (exact) mass is 276 g/mol. The lowest BCUT2D eigenvalue weighted by atomic mass is 9.98. The Morgan fingerprint density at radius 2 is 2.00 bits per heavy atom. The zero-order valence-corrected chi connectivity index (χ0v) is 12.3. The number of carbonyl (C=O) groups is 1. The molecule has 0 aromatic heterocycles. The zero-order chi connectivity index (χ0) is 13.5. The molecule has 0 amide bonds. The van der Waals surface area contributed by atoms with Gasteiger partial charge in [-0.15, -0.1) is 0 Å². The maximum Gasteiger partial charge on any atom is 0.137 e. The molecule has 4 atom stereocenters. The van der Waals surface area contributed by atoms with Gasteiger partial charge in [-0.3, -0.25) is 4.79 Å². The summed E-state index contributed by atoms with van der Waals surface area (Å²) in [6.07, 6.45) is 4.71. The number of carbonyl (C=O) groups excluding carboxylic acids is 1. The second-order valence-electron chi connectivity index (χ2n) is 6.14. The Morgan fingerprint density at radius 1 is 1.32 bits per heavy atom. The lowest BCUT2D eigenvalue weighted by molar-refractivity contribution is -0.111. The molecule has 19 heavy (non-hydrogen) atoms. The van der Waals surface area contributed by atoms with E-state index in [9.17, 15) is 9.36 Å². The van der Waals surface area contributed by atoms with Crippen molar-refractivity contribution in [1.29, 1.82) is 0 Å². The van der Waals surface area contributed by atoms with Crippen LogP contribution in [0.5, 0.6) is 0 Å². The fourth-order valence-corrected chi connectivity index (χ4v) is 7.18. The van der Waals surface area contributed by atoms with Crippen LogP contribution in [0, 0.1) is 11.8 Å². The van der Waals surface area contributed by atoms with Crippen molar-refractivity contribution in [3.05, 3.63) is 30.3 Å². The van der Waals surface area contributed by atoms with Gasteiger partial charge in [0.2, 0.25) is 0 Å². The molecule has 1 saturated carbocycles. The Bertz CT molecular complexity index is 523. The number of Topliss-reactive ketones (excluding diaryl/α,β-unsaturated/α-hetero) is 1. The molecule has 0 spiro atoms. The van der Waals surface area contributed by atoms with Crippen LogP contribution < -0.4 is 5.30 Å². The van der Waals surface area contributed by atoms with Gasteiger partial charge in [0.15, 0.2) is 0 Å². The lowest BCUT2D eigenvalue weighted by Gasteiger charge is -2.23. The SMILES string of the molecule is C[C@H](C[C@H]1CCCP1(=O)c1ccccc1)C1CC1=O. The fraction of sp³-hybridized carbons (Fsp3) is 0.562. The van der Waals surface area contributed by atoms with E-state index >= 15 is 0 Å². The third-order valence-corrected chi connectivity index (χ3v) is 8.62. The standard InChI is InChI=1S/C16H21O2P/c1-12(15-11-16(15)17)10-14-8-5-9-19(14,18)13-6-3-2-4-7-13/h2-4,6-7,12,14-15H,5,8-11H2,1H3/t12-,14-,15?,19?/m1/s1. The van der Waals surface area contributed by atoms with Crippen molar-refractivity contribution in [3.63, 3.8) is 0 Å². The van der Waals surface area contributed by atoms with Crippen LogP contribution in [0.2, 0.25) is 0 Å². The van der Waals surface area contributed by atoms with Crippen LogP contribution >= 0.6 is 7.14 Å². The summed E-state index contributed by atoms with van der Waals surface area (Å²) in [6, 6.07) is 9.99. The van der Waals surface area contributed by atoms with Gasteiger partial charge in [-0.1, -0.05) is 37.3 Å². The maximum atomic E-state index is 13.3. The quantitative estimate of drug-likeness (QED) is 0.789. The summed E-state index contributed by atoms with van der Waals surface area (Å²) >= 11 is 0. The van der Waals surface area contributed by atoms with Gasteiger partial charge in [0.1, 0.15) is 12.9 Å². The summed E-state index contributed by atoms with van der Waals surface area (Å²) in [5.74, 6) is 1.08. The molecule has 1 heterocycles. The van der Waals surface area contributed by atoms with Crippen LogP contribution in [0.1, 0.15) is 32.6 Å². The lowest BCUT2D eigenvalue weighted by Crippen LogP contribution is -2.17. The van der Waals surface area contributed by atoms with E-state index in [0.717, 1.165) is 37.1 Å². The van der Waals surface area contributed by atoms with Crippen molar-refractivity contribution in [2.75, 3.05) is 6.16 Å². The Hall–Kier alpha value is -0.880. The van der Waals surface area contributed by atoms with E-state index in [1.807, 2.05) is 30.3 Å². The minimum atomic E-state index is -2.23. The third-order valence-electron chi connectivity index (χ3n) is 4.82. The Balaban J connectivity index is 1.77. The van der Waals surface area contributed by atoms with Crippen molar-refractivity contribution < 1.29 is 9.36 Å². The minimum Gasteiger partial charge on any atom is -0.318 e. The second-order valence-corrected chi connectivity index (χ2v) is 9.43. The van der Waals surface area contributed by atoms with E-state index < -0.39 is 7.14 Å². The molecule has 0 N–H and O–H groups in total. The summed E-state index contributed by atoms with van der Waals surface area (Å²) in [5, 5.41) is 1.05. The third kappa shape index (κ3) is 2.43. The van der Waals surface area contributed by atoms with Crippen molar-refractivity contribution in [1.82, 2.24) is 0 Å². The molecule has 102 valence electrons. The first-order chi connectivity index (χ1) is 9.11. The van der Waals surface area contributed by atoms with E-state index in [1.54, 1.807) is 0 Å². The van der Waals surface area contributed by atoms with Gasteiger partial charge in [0.05, 0.1) is 0 Å². The van der Waals surface area contributed by atoms with E-state index in [1.165, 1.54) is 0 Å². The maximum absolute atomic E-state index is 13.3. The molecule has 0 radical (unpaired) electrons. The van der Waals surface area contributed by atoms with Gasteiger partial charge in [0, 0.05) is 29.5 Å². The molecule has 2 aliphatic rings. The topological polar surface area (TPSA) is 34.1 Å². The summed E-state index contributed by atoms with van der Waals surface area (Å²) in [5.41, 5.74) is 0.304. The zero-order valence-electron chi connectivity index (χ0n) is 11.4. The van der Waals surface area contributed by atoms with Crippen LogP contribution in [0.3, 0.4) is 0 Å². The molecule has 1 aliphatic heterocycles. The van der Waals surface area contributed by atoms with Gasteiger partial charge in [-0.25, -0.2) is 0 Å². The first kappa shape index (κ1) is 13.1. The van der Waals surface area contributed by atoms with E-state index in [4.69, 9.17) is 0 Å². The molecule has 2 nitrogen and oxygen atoms in total. The molecule has 1 saturated heterocycles. The van der Waals surface area contributed by atoms with Crippen LogP contribution in [-0.4, -0.2) is 17.6 Å². The molecule has 0 bridgehead atoms. The average Bonchev–Trinajstić information content (AvgIpc) is 3.04. The molecule has 3 heteroatoms. The highest BCUT2D eigenvalue weighted by Crippen LogP contribution is 2.59. The minimum absolute atomic E-state index is 0.268. The van der Waals surface area contributed by atoms with Gasteiger partial charge >= 0.3 is 0 Å². The van der Waals surface area contributed by atoms with Crippen LogP contribution in [0.25, 0.3) is 0 Å². The fourth-order valence-electron chi connectivity index (χ4n) is 3.53. The van der Waals surface area contributed by atoms with Crippen molar-refractivity contribution in [3.8, 4) is 0 Å². The summed E-state index contributed by atoms with van der Waals surface area (Å²) < 4.78 is 13.3. The molecule has 1 aromatic rings. The second kappa shape index (κ2) is 4.90. The number of hydrogen-bond donors (Lipinski definition) is 0. The summed E-state index contributed by atoms with van der Waals surface area (Å²) in [6.45, 7) is 2.16. The van der Waals surface area contributed by atoms with Crippen molar-refractivity contribution in [2.24, 2.45) is 11.8 Å². The molecule has 2 unspecified atom stereocenters. The Kier molecular flexibility index (Phi) is 3.39. The van der Waals surface area contributed by atoms with Crippen molar-refractivity contribution >= 4 is 18.2 Å². The molecule has 1 aliphatic carbocycles. The first-order valence-corrected chi connectivity index (χ1v) is 9.24. The van der Waals surface area contributed by atoms with Gasteiger partial charge in [-0.05, 0) is 25.2 Å². The van der Waals surface area contributed by atoms with E-state index in [-0.39, 0.29) is 5.92 Å². The smallest absolute Gasteiger partial charge is 0.137 e. The largest absolute Gasteiger partial charge is 0.318 e. The summed E-state index contributed by atoms with van der Waals surface area (Å²) in [7, 11) is -2.23. The highest BCUT2D eigenvalue weighted by molar-refractivity contribution is 7.72. The molecular weight excluding hydrogens is 255 g/mol. The van der Waals surface area contributed by atoms with E-state index in [2.05, 4.69) is 6.92 Å². The first-order valence-electron chi connectivity index (χ1n) is 7.28. The predicted molar refractivity (Wildman–Crippen MR) is 78.5 cm³/mol. The Labute approximate surface area is 115 Å². The molecule has 2 fully saturated rings. The van der Waals surface area contributed by atoms with Gasteiger partial charge < -0.3 is 4.57 Å². The van der Waals surface area contributed by atoms with Gasteiger partial charge in [-0.2, -0.15) is 0 Å². The number of ketones is 1. The highest BCUT2D eigenvalue weighted by atomic mass is 31.2. The predicted octanol–water partition coefficient (Wildman–Crippen LogP) is 3.45. The van der Waals surface area contributed by atoms with Crippen LogP contribution in [-0.2, 0) is 9.36 Å². The van der Waals surface area contributed by atoms with Crippen molar-refractivity contribution in [2.45, 2.75) is 38.3 Å². The Morgan fingerprint density at radius 3 is 2.63 bits per heavy atom. The number of rotatable bonds is 4. The average molecular weight is 276 g/mol. The number of benzene rings is 1.